The molecule has 1 heterocycles. The highest BCUT2D eigenvalue weighted by Gasteiger charge is 2.39. The number of hydrogen-bond acceptors (Lipinski definition) is 5. The Bertz CT molecular complexity index is 1080. The quantitative estimate of drug-likeness (QED) is 0.446. The number of hydrogen-bond donors (Lipinski definition) is 2. The third-order valence-corrected chi connectivity index (χ3v) is 7.35. The van der Waals surface area contributed by atoms with Crippen molar-refractivity contribution in [2.75, 3.05) is 0 Å². The monoisotopic (exact) mass is 525 g/mol. The number of carbonyl (C=O) groups excluding carboxylic acids is 1. The van der Waals surface area contributed by atoms with E-state index in [2.05, 4.69) is 30.0 Å². The van der Waals surface area contributed by atoms with Crippen molar-refractivity contribution in [3.05, 3.63) is 64.3 Å². The summed E-state index contributed by atoms with van der Waals surface area (Å²) < 4.78 is 47.3. The Balaban J connectivity index is 1.88. The van der Waals surface area contributed by atoms with Gasteiger partial charge in [-0.15, -0.1) is 24.9 Å². The molecule has 1 aliphatic heterocycles. The normalized spacial score (nSPS) is 20.6. The number of nitrogens with one attached hydrogen (secondary N) is 1. The van der Waals surface area contributed by atoms with Crippen LogP contribution in [-0.2, 0) is 20.9 Å². The molecule has 6 nitrogen and oxygen atoms in total. The number of allylic oxidation sites excluding steroid dienone is 2. The maximum absolute atomic E-state index is 13.2. The lowest BCUT2D eigenvalue weighted by Crippen LogP contribution is -2.49. The summed E-state index contributed by atoms with van der Waals surface area (Å²) in [6.45, 7) is 9.32. The lowest BCUT2D eigenvalue weighted by atomic mass is 9.86. The van der Waals surface area contributed by atoms with Crippen molar-refractivity contribution in [2.45, 2.75) is 58.9 Å². The summed E-state index contributed by atoms with van der Waals surface area (Å²) >= 11 is 1.68. The molecule has 2 N–H and O–H groups in total. The van der Waals surface area contributed by atoms with Crippen LogP contribution in [0.15, 0.2) is 58.7 Å². The third kappa shape index (κ3) is 6.87. The van der Waals surface area contributed by atoms with E-state index in [4.69, 9.17) is 4.74 Å². The van der Waals surface area contributed by atoms with Gasteiger partial charge in [0.15, 0.2) is 0 Å². The molecule has 1 amide bonds. The highest BCUT2D eigenvalue weighted by atomic mass is 32.2. The van der Waals surface area contributed by atoms with Gasteiger partial charge in [0.2, 0.25) is 0 Å². The summed E-state index contributed by atoms with van der Waals surface area (Å²) in [4.78, 5) is 26.2. The maximum Gasteiger partial charge on any atom is 0.573 e. The summed E-state index contributed by atoms with van der Waals surface area (Å²) in [6.07, 6.45) is 0.845. The molecule has 0 bridgehead atoms. The minimum absolute atomic E-state index is 0.00657. The first kappa shape index (κ1) is 27.7. The molecule has 0 fully saturated rings. The number of halogens is 3. The van der Waals surface area contributed by atoms with Crippen LogP contribution in [0, 0.1) is 17.3 Å². The Hall–Kier alpha value is -2.88. The van der Waals surface area contributed by atoms with E-state index < -0.39 is 29.7 Å². The summed E-state index contributed by atoms with van der Waals surface area (Å²) in [6, 6.07) is 4.18. The molecule has 1 aromatic rings. The second kappa shape index (κ2) is 10.6. The highest BCUT2D eigenvalue weighted by Crippen LogP contribution is 2.47. The predicted octanol–water partition coefficient (Wildman–Crippen LogP) is 5.81. The average molecular weight is 526 g/mol. The SMILES string of the molecule is CC(C)C1=CC2C(OCc3ccc(OC(F)(F)F)cc3)=C(C(=O)NC(C(=O)O)C(C)(C)C)C=CC2S1. The van der Waals surface area contributed by atoms with Crippen molar-refractivity contribution in [3.63, 3.8) is 0 Å². The van der Waals surface area contributed by atoms with E-state index in [1.807, 2.05) is 6.08 Å². The predicted molar refractivity (Wildman–Crippen MR) is 131 cm³/mol. The van der Waals surface area contributed by atoms with E-state index in [0.29, 0.717) is 11.3 Å². The summed E-state index contributed by atoms with van der Waals surface area (Å²) in [5.41, 5.74) is 0.0864. The van der Waals surface area contributed by atoms with Gasteiger partial charge in [-0.1, -0.05) is 58.9 Å². The van der Waals surface area contributed by atoms with E-state index in [1.54, 1.807) is 38.6 Å². The topological polar surface area (TPSA) is 84.9 Å². The molecule has 0 radical (unpaired) electrons. The lowest BCUT2D eigenvalue weighted by Gasteiger charge is -2.30. The molecule has 0 spiro atoms. The molecule has 10 heteroatoms. The number of amides is 1. The van der Waals surface area contributed by atoms with Gasteiger partial charge in [0.05, 0.1) is 11.5 Å². The van der Waals surface area contributed by atoms with Crippen molar-refractivity contribution in [1.82, 2.24) is 5.32 Å². The zero-order valence-corrected chi connectivity index (χ0v) is 21.5. The van der Waals surface area contributed by atoms with Gasteiger partial charge in [-0.3, -0.25) is 4.79 Å². The molecular weight excluding hydrogens is 495 g/mol. The molecule has 3 rings (SSSR count). The van der Waals surface area contributed by atoms with Crippen LogP contribution in [0.5, 0.6) is 5.75 Å². The fourth-order valence-electron chi connectivity index (χ4n) is 3.87. The molecule has 3 unspecified atom stereocenters. The maximum atomic E-state index is 13.2. The van der Waals surface area contributed by atoms with Crippen LogP contribution >= 0.6 is 11.8 Å². The Kier molecular flexibility index (Phi) is 8.17. The number of benzene rings is 1. The number of alkyl halides is 3. The van der Waals surface area contributed by atoms with Crippen LogP contribution in [0.1, 0.15) is 40.2 Å². The van der Waals surface area contributed by atoms with Gasteiger partial charge >= 0.3 is 12.3 Å². The first-order valence-electron chi connectivity index (χ1n) is 11.5. The van der Waals surface area contributed by atoms with E-state index in [1.165, 1.54) is 24.3 Å². The zero-order valence-electron chi connectivity index (χ0n) is 20.7. The molecule has 0 aromatic heterocycles. The van der Waals surface area contributed by atoms with E-state index in [-0.39, 0.29) is 35.0 Å². The van der Waals surface area contributed by atoms with E-state index >= 15 is 0 Å². The number of ether oxygens (including phenoxy) is 2. The Morgan fingerprint density at radius 3 is 2.31 bits per heavy atom. The molecule has 0 saturated heterocycles. The van der Waals surface area contributed by atoms with Crippen molar-refractivity contribution in [2.24, 2.45) is 17.3 Å². The minimum Gasteiger partial charge on any atom is -0.492 e. The molecule has 0 saturated carbocycles. The molecule has 196 valence electrons. The summed E-state index contributed by atoms with van der Waals surface area (Å²) in [5, 5.41) is 12.3. The summed E-state index contributed by atoms with van der Waals surface area (Å²) in [7, 11) is 0. The van der Waals surface area contributed by atoms with Crippen LogP contribution in [0.4, 0.5) is 13.2 Å². The fourth-order valence-corrected chi connectivity index (χ4v) is 5.19. The van der Waals surface area contributed by atoms with E-state index in [0.717, 1.165) is 4.91 Å². The molecule has 1 aliphatic carbocycles. The van der Waals surface area contributed by atoms with Crippen molar-refractivity contribution < 1.29 is 37.3 Å². The molecule has 2 aliphatic rings. The first-order chi connectivity index (χ1) is 16.7. The second-order valence-corrected chi connectivity index (χ2v) is 11.3. The van der Waals surface area contributed by atoms with Crippen LogP contribution in [0.2, 0.25) is 0 Å². The molecule has 3 atom stereocenters. The van der Waals surface area contributed by atoms with Crippen LogP contribution < -0.4 is 10.1 Å². The fraction of sp³-hybridized carbons (Fsp3) is 0.462. The average Bonchev–Trinajstić information content (AvgIpc) is 3.19. The number of fused-ring (bicyclic) bond motifs is 1. The number of carboxylic acids is 1. The molecular formula is C26H30F3NO5S. The minimum atomic E-state index is -4.78. The highest BCUT2D eigenvalue weighted by molar-refractivity contribution is 8.04. The van der Waals surface area contributed by atoms with E-state index in [9.17, 15) is 27.9 Å². The number of aliphatic carboxylic acids is 1. The molecule has 1 aromatic carbocycles. The smallest absolute Gasteiger partial charge is 0.492 e. The third-order valence-electron chi connectivity index (χ3n) is 5.74. The number of rotatable bonds is 8. The van der Waals surface area contributed by atoms with Crippen molar-refractivity contribution in [3.8, 4) is 5.75 Å². The lowest BCUT2D eigenvalue weighted by molar-refractivity contribution is -0.274. The van der Waals surface area contributed by atoms with Crippen LogP contribution in [0.25, 0.3) is 0 Å². The number of carbonyl (C=O) groups is 2. The zero-order chi connectivity index (χ0) is 26.8. The number of thioether (sulfide) groups is 1. The summed E-state index contributed by atoms with van der Waals surface area (Å²) in [5.74, 6) is -1.60. The second-order valence-electron chi connectivity index (χ2n) is 10.1. The van der Waals surface area contributed by atoms with Crippen molar-refractivity contribution >= 4 is 23.6 Å². The Labute approximate surface area is 212 Å². The Morgan fingerprint density at radius 2 is 1.78 bits per heavy atom. The molecule has 36 heavy (non-hydrogen) atoms. The standard InChI is InChI=1S/C26H30F3NO5S/c1-14(2)20-12-18-19(36-20)11-10-17(23(31)30-22(24(32)33)25(3,4)5)21(18)34-13-15-6-8-16(9-7-15)35-26(27,28)29/h6-12,14,18-19,22H,13H2,1-5H3,(H,30,31)(H,32,33). The first-order valence-corrected chi connectivity index (χ1v) is 12.4. The van der Waals surface area contributed by atoms with Gasteiger partial charge in [0.25, 0.3) is 5.91 Å². The van der Waals surface area contributed by atoms with Gasteiger partial charge < -0.3 is 19.9 Å². The van der Waals surface area contributed by atoms with Crippen LogP contribution in [-0.4, -0.2) is 34.6 Å². The van der Waals surface area contributed by atoms with Gasteiger partial charge in [-0.05, 0) is 40.0 Å². The van der Waals surface area contributed by atoms with Crippen LogP contribution in [0.3, 0.4) is 0 Å². The van der Waals surface area contributed by atoms with Gasteiger partial charge in [-0.25, -0.2) is 4.79 Å². The Morgan fingerprint density at radius 1 is 1.14 bits per heavy atom. The largest absolute Gasteiger partial charge is 0.573 e. The van der Waals surface area contributed by atoms with Gasteiger partial charge in [0, 0.05) is 5.25 Å². The van der Waals surface area contributed by atoms with Gasteiger partial charge in [-0.2, -0.15) is 0 Å². The van der Waals surface area contributed by atoms with Crippen molar-refractivity contribution in [1.29, 1.82) is 0 Å². The number of carboxylic acid groups (broad SMARTS) is 1. The van der Waals surface area contributed by atoms with Gasteiger partial charge in [0.1, 0.15) is 24.2 Å².